The molecule has 1 fully saturated rings. The predicted molar refractivity (Wildman–Crippen MR) is 80.0 cm³/mol. The Morgan fingerprint density at radius 2 is 2.16 bits per heavy atom. The second kappa shape index (κ2) is 6.42. The van der Waals surface area contributed by atoms with Gasteiger partial charge in [-0.15, -0.1) is 0 Å². The molecule has 0 radical (unpaired) electrons. The fourth-order valence-corrected chi connectivity index (χ4v) is 3.38. The minimum Gasteiger partial charge on any atom is -0.497 e. The smallest absolute Gasteiger partial charge is 0.251 e. The number of alkyl halides is 1. The van der Waals surface area contributed by atoms with Crippen LogP contribution in [0.15, 0.2) is 24.3 Å². The largest absolute Gasteiger partial charge is 0.497 e. The lowest BCUT2D eigenvalue weighted by Crippen LogP contribution is -2.37. The molecule has 0 spiro atoms. The molecule has 4 heteroatoms. The number of hydrogen-bond acceptors (Lipinski definition) is 2. The zero-order valence-corrected chi connectivity index (χ0v) is 12.8. The number of carbonyl (C=O) groups is 1. The van der Waals surface area contributed by atoms with E-state index in [1.54, 1.807) is 13.2 Å². The molecule has 0 bridgehead atoms. The summed E-state index contributed by atoms with van der Waals surface area (Å²) in [6.45, 7) is 0.744. The van der Waals surface area contributed by atoms with Crippen LogP contribution in [0, 0.1) is 5.41 Å². The van der Waals surface area contributed by atoms with Crippen LogP contribution in [-0.4, -0.2) is 24.9 Å². The SMILES string of the molecule is COc1cccc(C(=O)NCC2(CBr)CCCC2)c1. The number of benzene rings is 1. The molecule has 0 unspecified atom stereocenters. The lowest BCUT2D eigenvalue weighted by Gasteiger charge is -2.26. The fraction of sp³-hybridized carbons (Fsp3) is 0.533. The molecule has 1 saturated carbocycles. The van der Waals surface area contributed by atoms with E-state index in [1.165, 1.54) is 25.7 Å². The zero-order valence-electron chi connectivity index (χ0n) is 11.2. The summed E-state index contributed by atoms with van der Waals surface area (Å²) < 4.78 is 5.14. The molecular formula is C15H20BrNO2. The molecule has 0 saturated heterocycles. The van der Waals surface area contributed by atoms with Gasteiger partial charge in [0, 0.05) is 17.4 Å². The highest BCUT2D eigenvalue weighted by Crippen LogP contribution is 2.38. The van der Waals surface area contributed by atoms with Crippen LogP contribution in [0.5, 0.6) is 5.75 Å². The van der Waals surface area contributed by atoms with Gasteiger partial charge in [-0.05, 0) is 36.5 Å². The molecule has 2 rings (SSSR count). The Hall–Kier alpha value is -1.03. The van der Waals surface area contributed by atoms with Gasteiger partial charge in [0.05, 0.1) is 7.11 Å². The van der Waals surface area contributed by atoms with E-state index in [-0.39, 0.29) is 11.3 Å². The van der Waals surface area contributed by atoms with Crippen molar-refractivity contribution < 1.29 is 9.53 Å². The second-order valence-electron chi connectivity index (χ2n) is 5.26. The number of amides is 1. The fourth-order valence-electron chi connectivity index (χ4n) is 2.62. The summed E-state index contributed by atoms with van der Waals surface area (Å²) in [4.78, 5) is 12.1. The van der Waals surface area contributed by atoms with Crippen LogP contribution >= 0.6 is 15.9 Å². The maximum Gasteiger partial charge on any atom is 0.251 e. The first kappa shape index (κ1) is 14.4. The van der Waals surface area contributed by atoms with Gasteiger partial charge in [-0.25, -0.2) is 0 Å². The van der Waals surface area contributed by atoms with Crippen molar-refractivity contribution in [2.75, 3.05) is 19.0 Å². The van der Waals surface area contributed by atoms with Crippen LogP contribution in [-0.2, 0) is 0 Å². The van der Waals surface area contributed by atoms with E-state index in [0.717, 1.165) is 11.9 Å². The molecule has 1 aliphatic carbocycles. The van der Waals surface area contributed by atoms with Gasteiger partial charge < -0.3 is 10.1 Å². The molecule has 1 amide bonds. The maximum absolute atomic E-state index is 12.1. The number of nitrogens with one attached hydrogen (secondary N) is 1. The van der Waals surface area contributed by atoms with E-state index >= 15 is 0 Å². The normalized spacial score (nSPS) is 17.2. The van der Waals surface area contributed by atoms with Crippen LogP contribution in [0.3, 0.4) is 0 Å². The van der Waals surface area contributed by atoms with Gasteiger partial charge in [0.1, 0.15) is 5.75 Å². The molecule has 0 heterocycles. The quantitative estimate of drug-likeness (QED) is 0.843. The van der Waals surface area contributed by atoms with E-state index in [1.807, 2.05) is 18.2 Å². The molecule has 1 N–H and O–H groups in total. The molecular weight excluding hydrogens is 306 g/mol. The number of methoxy groups -OCH3 is 1. The third-order valence-electron chi connectivity index (χ3n) is 3.90. The topological polar surface area (TPSA) is 38.3 Å². The summed E-state index contributed by atoms with van der Waals surface area (Å²) in [5, 5.41) is 4.02. The Labute approximate surface area is 122 Å². The van der Waals surface area contributed by atoms with Crippen LogP contribution in [0.2, 0.25) is 0 Å². The van der Waals surface area contributed by atoms with Gasteiger partial charge in [-0.2, -0.15) is 0 Å². The van der Waals surface area contributed by atoms with Crippen molar-refractivity contribution in [1.29, 1.82) is 0 Å². The van der Waals surface area contributed by atoms with Crippen molar-refractivity contribution in [3.63, 3.8) is 0 Å². The Balaban J connectivity index is 1.97. The van der Waals surface area contributed by atoms with Gasteiger partial charge in [0.2, 0.25) is 0 Å². The third-order valence-corrected chi connectivity index (χ3v) is 5.09. The van der Waals surface area contributed by atoms with E-state index < -0.39 is 0 Å². The number of carbonyl (C=O) groups excluding carboxylic acids is 1. The highest BCUT2D eigenvalue weighted by Gasteiger charge is 2.33. The summed E-state index contributed by atoms with van der Waals surface area (Å²) in [7, 11) is 1.61. The molecule has 1 aromatic rings. The van der Waals surface area contributed by atoms with Gasteiger partial charge in [0.15, 0.2) is 0 Å². The monoisotopic (exact) mass is 325 g/mol. The summed E-state index contributed by atoms with van der Waals surface area (Å²) in [6.07, 6.45) is 4.91. The van der Waals surface area contributed by atoms with Crippen molar-refractivity contribution >= 4 is 21.8 Å². The van der Waals surface area contributed by atoms with Crippen LogP contribution in [0.25, 0.3) is 0 Å². The van der Waals surface area contributed by atoms with Crippen molar-refractivity contribution in [2.24, 2.45) is 5.41 Å². The summed E-state index contributed by atoms with van der Waals surface area (Å²) in [6, 6.07) is 7.26. The highest BCUT2D eigenvalue weighted by molar-refractivity contribution is 9.09. The first-order valence-corrected chi connectivity index (χ1v) is 7.79. The number of ether oxygens (including phenoxy) is 1. The van der Waals surface area contributed by atoms with Gasteiger partial charge in [-0.1, -0.05) is 34.8 Å². The van der Waals surface area contributed by atoms with Crippen molar-refractivity contribution in [1.82, 2.24) is 5.32 Å². The second-order valence-corrected chi connectivity index (χ2v) is 5.82. The summed E-state index contributed by atoms with van der Waals surface area (Å²) in [5.74, 6) is 0.690. The maximum atomic E-state index is 12.1. The van der Waals surface area contributed by atoms with Crippen molar-refractivity contribution in [3.05, 3.63) is 29.8 Å². The Kier molecular flexibility index (Phi) is 4.86. The minimum absolute atomic E-state index is 0.0221. The van der Waals surface area contributed by atoms with Gasteiger partial charge in [-0.3, -0.25) is 4.79 Å². The number of halogens is 1. The summed E-state index contributed by atoms with van der Waals surface area (Å²) in [5.41, 5.74) is 0.899. The number of hydrogen-bond donors (Lipinski definition) is 1. The van der Waals surface area contributed by atoms with Crippen LogP contribution in [0.1, 0.15) is 36.0 Å². The molecule has 104 valence electrons. The Morgan fingerprint density at radius 3 is 2.79 bits per heavy atom. The average molecular weight is 326 g/mol. The predicted octanol–water partition coefficient (Wildman–Crippen LogP) is 3.38. The van der Waals surface area contributed by atoms with Gasteiger partial charge in [0.25, 0.3) is 5.91 Å². The van der Waals surface area contributed by atoms with E-state index in [9.17, 15) is 4.79 Å². The highest BCUT2D eigenvalue weighted by atomic mass is 79.9. The minimum atomic E-state index is -0.0221. The molecule has 0 aliphatic heterocycles. The third kappa shape index (κ3) is 3.50. The van der Waals surface area contributed by atoms with E-state index in [4.69, 9.17) is 4.74 Å². The lowest BCUT2D eigenvalue weighted by atomic mass is 9.89. The molecule has 19 heavy (non-hydrogen) atoms. The first-order valence-electron chi connectivity index (χ1n) is 6.67. The van der Waals surface area contributed by atoms with E-state index in [0.29, 0.717) is 11.3 Å². The van der Waals surface area contributed by atoms with Crippen LogP contribution < -0.4 is 10.1 Å². The summed E-state index contributed by atoms with van der Waals surface area (Å²) >= 11 is 3.59. The van der Waals surface area contributed by atoms with Gasteiger partial charge >= 0.3 is 0 Å². The number of rotatable bonds is 5. The molecule has 0 atom stereocenters. The lowest BCUT2D eigenvalue weighted by molar-refractivity contribution is 0.0935. The molecule has 1 aliphatic rings. The standard InChI is InChI=1S/C15H20BrNO2/c1-19-13-6-4-5-12(9-13)14(18)17-11-15(10-16)7-2-3-8-15/h4-6,9H,2-3,7-8,10-11H2,1H3,(H,17,18). The molecule has 0 aromatic heterocycles. The molecule has 1 aromatic carbocycles. The van der Waals surface area contributed by atoms with E-state index in [2.05, 4.69) is 21.2 Å². The van der Waals surface area contributed by atoms with Crippen molar-refractivity contribution in [2.45, 2.75) is 25.7 Å². The average Bonchev–Trinajstić information content (AvgIpc) is 2.94. The van der Waals surface area contributed by atoms with Crippen molar-refractivity contribution in [3.8, 4) is 5.75 Å². The zero-order chi connectivity index (χ0) is 13.7. The first-order chi connectivity index (χ1) is 9.19. The molecule has 3 nitrogen and oxygen atoms in total. The van der Waals surface area contributed by atoms with Crippen LogP contribution in [0.4, 0.5) is 0 Å². The Bertz CT molecular complexity index is 442. The Morgan fingerprint density at radius 1 is 1.42 bits per heavy atom.